The van der Waals surface area contributed by atoms with E-state index in [1.165, 1.54) is 11.1 Å². The third-order valence-electron chi connectivity index (χ3n) is 3.17. The van der Waals surface area contributed by atoms with Gasteiger partial charge in [-0.15, -0.1) is 0 Å². The van der Waals surface area contributed by atoms with Gasteiger partial charge in [-0.25, -0.2) is 0 Å². The van der Waals surface area contributed by atoms with Gasteiger partial charge in [0.05, 0.1) is 0 Å². The van der Waals surface area contributed by atoms with Gasteiger partial charge in [0.1, 0.15) is 0 Å². The summed E-state index contributed by atoms with van der Waals surface area (Å²) in [5.41, 5.74) is 3.81. The monoisotopic (exact) mass is 240 g/mol. The van der Waals surface area contributed by atoms with Crippen molar-refractivity contribution in [3.63, 3.8) is 0 Å². The number of aromatic nitrogens is 1. The lowest BCUT2D eigenvalue weighted by Gasteiger charge is -2.10. The molecule has 2 aromatic rings. The van der Waals surface area contributed by atoms with Crippen LogP contribution in [0.1, 0.15) is 23.7 Å². The van der Waals surface area contributed by atoms with Crippen molar-refractivity contribution in [1.29, 1.82) is 0 Å². The molecule has 2 nitrogen and oxygen atoms in total. The van der Waals surface area contributed by atoms with Crippen LogP contribution in [-0.4, -0.2) is 18.1 Å². The fourth-order valence-corrected chi connectivity index (χ4v) is 1.96. The molecule has 0 saturated heterocycles. The zero-order chi connectivity index (χ0) is 12.8. The van der Waals surface area contributed by atoms with Crippen molar-refractivity contribution in [2.75, 3.05) is 7.05 Å². The number of hydrogen-bond donors (Lipinski definition) is 1. The SMILES string of the molecule is CNC(C)Cc1ccc(Cc2ccccn2)cc1. The molecule has 0 spiro atoms. The van der Waals surface area contributed by atoms with E-state index in [0.717, 1.165) is 18.5 Å². The second-order valence-electron chi connectivity index (χ2n) is 4.71. The van der Waals surface area contributed by atoms with E-state index in [2.05, 4.69) is 47.6 Å². The number of hydrogen-bond acceptors (Lipinski definition) is 2. The van der Waals surface area contributed by atoms with Crippen LogP contribution in [0, 0.1) is 0 Å². The van der Waals surface area contributed by atoms with Crippen LogP contribution >= 0.6 is 0 Å². The summed E-state index contributed by atoms with van der Waals surface area (Å²) < 4.78 is 0. The van der Waals surface area contributed by atoms with Gasteiger partial charge in [-0.2, -0.15) is 0 Å². The number of nitrogens with zero attached hydrogens (tertiary/aromatic N) is 1. The van der Waals surface area contributed by atoms with E-state index in [9.17, 15) is 0 Å². The van der Waals surface area contributed by atoms with Gasteiger partial charge < -0.3 is 5.32 Å². The van der Waals surface area contributed by atoms with E-state index in [1.807, 2.05) is 25.4 Å². The largest absolute Gasteiger partial charge is 0.317 e. The van der Waals surface area contributed by atoms with Crippen LogP contribution in [0.2, 0.25) is 0 Å². The average molecular weight is 240 g/mol. The van der Waals surface area contributed by atoms with Crippen LogP contribution in [-0.2, 0) is 12.8 Å². The van der Waals surface area contributed by atoms with Crippen molar-refractivity contribution in [1.82, 2.24) is 10.3 Å². The van der Waals surface area contributed by atoms with Gasteiger partial charge in [-0.1, -0.05) is 30.3 Å². The predicted octanol–water partition coefficient (Wildman–Crippen LogP) is 2.82. The van der Waals surface area contributed by atoms with Gasteiger partial charge in [0.25, 0.3) is 0 Å². The summed E-state index contributed by atoms with van der Waals surface area (Å²) in [5.74, 6) is 0. The van der Waals surface area contributed by atoms with Crippen molar-refractivity contribution in [3.05, 3.63) is 65.5 Å². The molecule has 18 heavy (non-hydrogen) atoms. The highest BCUT2D eigenvalue weighted by Gasteiger charge is 2.01. The lowest BCUT2D eigenvalue weighted by molar-refractivity contribution is 0.608. The van der Waals surface area contributed by atoms with Gasteiger partial charge >= 0.3 is 0 Å². The van der Waals surface area contributed by atoms with Crippen LogP contribution in [0.15, 0.2) is 48.7 Å². The summed E-state index contributed by atoms with van der Waals surface area (Å²) >= 11 is 0. The summed E-state index contributed by atoms with van der Waals surface area (Å²) in [6.07, 6.45) is 3.82. The normalized spacial score (nSPS) is 12.3. The van der Waals surface area contributed by atoms with Gasteiger partial charge in [0, 0.05) is 24.4 Å². The molecular formula is C16H20N2. The summed E-state index contributed by atoms with van der Waals surface area (Å²) in [6.45, 7) is 2.20. The Hall–Kier alpha value is -1.67. The van der Waals surface area contributed by atoms with Crippen molar-refractivity contribution in [3.8, 4) is 0 Å². The molecule has 0 aliphatic rings. The zero-order valence-corrected chi connectivity index (χ0v) is 11.1. The first kappa shape index (κ1) is 12.8. The minimum absolute atomic E-state index is 0.520. The molecule has 0 aliphatic carbocycles. The van der Waals surface area contributed by atoms with Crippen molar-refractivity contribution >= 4 is 0 Å². The molecule has 0 radical (unpaired) electrons. The maximum Gasteiger partial charge on any atom is 0.0447 e. The number of rotatable bonds is 5. The van der Waals surface area contributed by atoms with E-state index < -0.39 is 0 Å². The first-order valence-corrected chi connectivity index (χ1v) is 6.43. The molecule has 2 rings (SSSR count). The fraction of sp³-hybridized carbons (Fsp3) is 0.312. The third-order valence-corrected chi connectivity index (χ3v) is 3.17. The standard InChI is InChI=1S/C16H20N2/c1-13(17-2)11-14-6-8-15(9-7-14)12-16-5-3-4-10-18-16/h3-10,13,17H,11-12H2,1-2H3. The smallest absolute Gasteiger partial charge is 0.0447 e. The van der Waals surface area contributed by atoms with E-state index in [0.29, 0.717) is 6.04 Å². The Balaban J connectivity index is 2.00. The molecule has 0 aliphatic heterocycles. The molecule has 1 unspecified atom stereocenters. The molecule has 2 heteroatoms. The first-order chi connectivity index (χ1) is 8.78. The Morgan fingerprint density at radius 2 is 1.78 bits per heavy atom. The van der Waals surface area contributed by atoms with Crippen LogP contribution in [0.25, 0.3) is 0 Å². The van der Waals surface area contributed by atoms with Crippen LogP contribution in [0.5, 0.6) is 0 Å². The zero-order valence-electron chi connectivity index (χ0n) is 11.1. The van der Waals surface area contributed by atoms with Crippen molar-refractivity contribution < 1.29 is 0 Å². The van der Waals surface area contributed by atoms with E-state index >= 15 is 0 Å². The highest BCUT2D eigenvalue weighted by molar-refractivity contribution is 5.26. The maximum atomic E-state index is 4.35. The Kier molecular flexibility index (Phi) is 4.48. The highest BCUT2D eigenvalue weighted by atomic mass is 14.8. The minimum atomic E-state index is 0.520. The van der Waals surface area contributed by atoms with E-state index in [1.54, 1.807) is 0 Å². The van der Waals surface area contributed by atoms with Gasteiger partial charge in [-0.05, 0) is 43.7 Å². The quantitative estimate of drug-likeness (QED) is 0.869. The topological polar surface area (TPSA) is 24.9 Å². The Morgan fingerprint density at radius 3 is 2.39 bits per heavy atom. The number of benzene rings is 1. The second kappa shape index (κ2) is 6.31. The lowest BCUT2D eigenvalue weighted by Crippen LogP contribution is -2.23. The van der Waals surface area contributed by atoms with E-state index in [-0.39, 0.29) is 0 Å². The van der Waals surface area contributed by atoms with E-state index in [4.69, 9.17) is 0 Å². The fourth-order valence-electron chi connectivity index (χ4n) is 1.96. The molecule has 94 valence electrons. The third kappa shape index (κ3) is 3.67. The Labute approximate surface area is 109 Å². The Morgan fingerprint density at radius 1 is 1.06 bits per heavy atom. The van der Waals surface area contributed by atoms with Crippen molar-refractivity contribution in [2.45, 2.75) is 25.8 Å². The maximum absolute atomic E-state index is 4.35. The molecule has 1 atom stereocenters. The molecule has 0 bridgehead atoms. The second-order valence-corrected chi connectivity index (χ2v) is 4.71. The summed E-state index contributed by atoms with van der Waals surface area (Å²) in [5, 5.41) is 3.26. The van der Waals surface area contributed by atoms with Crippen LogP contribution in [0.3, 0.4) is 0 Å². The lowest BCUT2D eigenvalue weighted by atomic mass is 10.0. The average Bonchev–Trinajstić information content (AvgIpc) is 2.42. The summed E-state index contributed by atoms with van der Waals surface area (Å²) in [6, 6.07) is 15.4. The molecule has 0 amide bonds. The predicted molar refractivity (Wildman–Crippen MR) is 75.7 cm³/mol. The first-order valence-electron chi connectivity index (χ1n) is 6.43. The number of pyridine rings is 1. The number of nitrogens with one attached hydrogen (secondary N) is 1. The molecule has 0 fully saturated rings. The van der Waals surface area contributed by atoms with Gasteiger partial charge in [-0.3, -0.25) is 4.98 Å². The summed E-state index contributed by atoms with van der Waals surface area (Å²) in [7, 11) is 2.00. The highest BCUT2D eigenvalue weighted by Crippen LogP contribution is 2.10. The summed E-state index contributed by atoms with van der Waals surface area (Å²) in [4.78, 5) is 4.35. The number of likely N-dealkylation sites (N-methyl/N-ethyl adjacent to an activating group) is 1. The molecule has 1 aromatic carbocycles. The van der Waals surface area contributed by atoms with Crippen molar-refractivity contribution in [2.24, 2.45) is 0 Å². The van der Waals surface area contributed by atoms with Crippen LogP contribution < -0.4 is 5.32 Å². The molecular weight excluding hydrogens is 220 g/mol. The molecule has 1 heterocycles. The Bertz CT molecular complexity index is 462. The molecule has 0 saturated carbocycles. The molecule has 1 N–H and O–H groups in total. The minimum Gasteiger partial charge on any atom is -0.317 e. The van der Waals surface area contributed by atoms with Gasteiger partial charge in [0.15, 0.2) is 0 Å². The van der Waals surface area contributed by atoms with Crippen LogP contribution in [0.4, 0.5) is 0 Å². The van der Waals surface area contributed by atoms with Gasteiger partial charge in [0.2, 0.25) is 0 Å². The molecule has 1 aromatic heterocycles.